The molecule has 5 aromatic rings. The Morgan fingerprint density at radius 3 is 2.47 bits per heavy atom. The quantitative estimate of drug-likeness (QED) is 0.344. The lowest BCUT2D eigenvalue weighted by atomic mass is 10.0. The SMILES string of the molecule is Cl.Cl.Cl.Fc1ccc(-c2[nH]ncc2-c2ccc3ncc(-c4noc(C5CC5)n4)n3c2)cc1. The summed E-state index contributed by atoms with van der Waals surface area (Å²) in [6.07, 6.45) is 7.69. The molecule has 0 amide bonds. The van der Waals surface area contributed by atoms with Crippen LogP contribution in [-0.2, 0) is 0 Å². The van der Waals surface area contributed by atoms with Crippen molar-refractivity contribution in [3.05, 3.63) is 66.7 Å². The van der Waals surface area contributed by atoms with Crippen LogP contribution in [0.3, 0.4) is 0 Å². The van der Waals surface area contributed by atoms with Crippen molar-refractivity contribution in [1.82, 2.24) is 29.7 Å². The minimum atomic E-state index is -0.273. The topological polar surface area (TPSA) is 84.9 Å². The summed E-state index contributed by atoms with van der Waals surface area (Å²) in [6, 6.07) is 10.2. The average Bonchev–Trinajstić information content (AvgIpc) is 3.15. The number of nitrogens with zero attached hydrogens (tertiary/aromatic N) is 5. The molecular formula is C21H18Cl3FN6O. The summed E-state index contributed by atoms with van der Waals surface area (Å²) < 4.78 is 20.6. The van der Waals surface area contributed by atoms with Gasteiger partial charge in [0.05, 0.1) is 18.1 Å². The van der Waals surface area contributed by atoms with Gasteiger partial charge in [0.1, 0.15) is 17.2 Å². The van der Waals surface area contributed by atoms with E-state index in [-0.39, 0.29) is 43.0 Å². The van der Waals surface area contributed by atoms with Crippen LogP contribution in [0, 0.1) is 5.82 Å². The van der Waals surface area contributed by atoms with E-state index >= 15 is 0 Å². The summed E-state index contributed by atoms with van der Waals surface area (Å²) in [5.41, 5.74) is 5.08. The first-order valence-electron chi connectivity index (χ1n) is 9.37. The fourth-order valence-electron chi connectivity index (χ4n) is 3.48. The number of H-pyrrole nitrogens is 1. The Hall–Kier alpha value is -2.94. The summed E-state index contributed by atoms with van der Waals surface area (Å²) in [6.45, 7) is 0. The Morgan fingerprint density at radius 1 is 0.969 bits per heavy atom. The van der Waals surface area contributed by atoms with Crippen LogP contribution in [0.25, 0.3) is 39.5 Å². The molecule has 0 unspecified atom stereocenters. The molecule has 0 atom stereocenters. The molecule has 1 saturated carbocycles. The highest BCUT2D eigenvalue weighted by molar-refractivity contribution is 5.86. The smallest absolute Gasteiger partial charge is 0.230 e. The van der Waals surface area contributed by atoms with Gasteiger partial charge in [-0.15, -0.1) is 37.2 Å². The molecule has 1 aliphatic carbocycles. The van der Waals surface area contributed by atoms with Gasteiger partial charge in [-0.25, -0.2) is 9.37 Å². The number of aromatic amines is 1. The van der Waals surface area contributed by atoms with E-state index < -0.39 is 0 Å². The van der Waals surface area contributed by atoms with Crippen molar-refractivity contribution in [2.75, 3.05) is 0 Å². The van der Waals surface area contributed by atoms with Gasteiger partial charge < -0.3 is 4.52 Å². The maximum atomic E-state index is 13.3. The number of nitrogens with one attached hydrogen (secondary N) is 1. The summed E-state index contributed by atoms with van der Waals surface area (Å²) in [7, 11) is 0. The van der Waals surface area contributed by atoms with Crippen LogP contribution in [0.2, 0.25) is 0 Å². The van der Waals surface area contributed by atoms with E-state index in [2.05, 4.69) is 25.3 Å². The summed E-state index contributed by atoms with van der Waals surface area (Å²) in [5, 5.41) is 11.3. The zero-order valence-corrected chi connectivity index (χ0v) is 18.9. The summed E-state index contributed by atoms with van der Waals surface area (Å²) in [5.74, 6) is 1.35. The molecule has 1 aromatic carbocycles. The number of aromatic nitrogens is 6. The fourth-order valence-corrected chi connectivity index (χ4v) is 3.48. The molecule has 1 aliphatic rings. The van der Waals surface area contributed by atoms with Gasteiger partial charge >= 0.3 is 0 Å². The first-order chi connectivity index (χ1) is 14.3. The molecule has 4 heterocycles. The number of halogens is 4. The van der Waals surface area contributed by atoms with E-state index in [0.29, 0.717) is 17.6 Å². The number of hydrogen-bond acceptors (Lipinski definition) is 5. The van der Waals surface area contributed by atoms with Crippen molar-refractivity contribution in [2.45, 2.75) is 18.8 Å². The van der Waals surface area contributed by atoms with Crippen molar-refractivity contribution in [2.24, 2.45) is 0 Å². The van der Waals surface area contributed by atoms with Crippen molar-refractivity contribution >= 4 is 42.9 Å². The second kappa shape index (κ2) is 9.28. The Labute approximate surface area is 200 Å². The van der Waals surface area contributed by atoms with Crippen LogP contribution in [-0.4, -0.2) is 29.7 Å². The van der Waals surface area contributed by atoms with E-state index in [1.807, 2.05) is 22.7 Å². The largest absolute Gasteiger partial charge is 0.339 e. The van der Waals surface area contributed by atoms with Gasteiger partial charge in [0, 0.05) is 28.8 Å². The lowest BCUT2D eigenvalue weighted by Gasteiger charge is -2.06. The third-order valence-corrected chi connectivity index (χ3v) is 5.19. The van der Waals surface area contributed by atoms with E-state index in [1.54, 1.807) is 24.5 Å². The molecule has 0 bridgehead atoms. The van der Waals surface area contributed by atoms with Crippen molar-refractivity contribution in [3.63, 3.8) is 0 Å². The standard InChI is InChI=1S/C21H15FN6O.3ClH/c22-15-6-3-12(4-7-15)19-16(9-24-26-19)14-5-8-18-23-10-17(28(18)11-14)20-25-21(29-27-20)13-1-2-13;;;/h3-11,13H,1-2H2,(H,24,26);3*1H. The number of pyridine rings is 1. The van der Waals surface area contributed by atoms with Crippen LogP contribution in [0.15, 0.2) is 59.5 Å². The first kappa shape index (κ1) is 23.7. The summed E-state index contributed by atoms with van der Waals surface area (Å²) in [4.78, 5) is 8.99. The Bertz CT molecular complexity index is 1340. The van der Waals surface area contributed by atoms with E-state index in [9.17, 15) is 4.39 Å². The molecule has 0 spiro atoms. The first-order valence-corrected chi connectivity index (χ1v) is 9.37. The molecule has 0 radical (unpaired) electrons. The van der Waals surface area contributed by atoms with Crippen LogP contribution < -0.4 is 0 Å². The lowest BCUT2D eigenvalue weighted by Crippen LogP contribution is -1.92. The van der Waals surface area contributed by atoms with Crippen molar-refractivity contribution < 1.29 is 8.91 Å². The van der Waals surface area contributed by atoms with Crippen LogP contribution in [0.5, 0.6) is 0 Å². The Morgan fingerprint density at radius 2 is 1.72 bits per heavy atom. The third kappa shape index (κ3) is 4.09. The minimum absolute atomic E-state index is 0. The van der Waals surface area contributed by atoms with E-state index in [0.717, 1.165) is 46.6 Å². The predicted molar refractivity (Wildman–Crippen MR) is 125 cm³/mol. The third-order valence-electron chi connectivity index (χ3n) is 5.19. The van der Waals surface area contributed by atoms with Gasteiger partial charge in [-0.1, -0.05) is 5.16 Å². The van der Waals surface area contributed by atoms with Gasteiger partial charge in [-0.05, 0) is 49.2 Å². The second-order valence-electron chi connectivity index (χ2n) is 7.19. The molecule has 0 saturated heterocycles. The molecule has 11 heteroatoms. The maximum absolute atomic E-state index is 13.3. The second-order valence-corrected chi connectivity index (χ2v) is 7.19. The number of imidazole rings is 1. The molecule has 4 aromatic heterocycles. The Balaban J connectivity index is 0.000000963. The van der Waals surface area contributed by atoms with Crippen molar-refractivity contribution in [1.29, 1.82) is 0 Å². The van der Waals surface area contributed by atoms with Gasteiger partial charge in [0.15, 0.2) is 0 Å². The molecule has 1 fully saturated rings. The minimum Gasteiger partial charge on any atom is -0.339 e. The van der Waals surface area contributed by atoms with E-state index in [1.165, 1.54) is 12.1 Å². The fraction of sp³-hybridized carbons (Fsp3) is 0.143. The Kier molecular flexibility index (Phi) is 6.88. The van der Waals surface area contributed by atoms with Gasteiger partial charge in [-0.2, -0.15) is 10.1 Å². The van der Waals surface area contributed by atoms with Crippen molar-refractivity contribution in [3.8, 4) is 33.9 Å². The maximum Gasteiger partial charge on any atom is 0.230 e. The molecule has 7 nitrogen and oxygen atoms in total. The highest BCUT2D eigenvalue weighted by atomic mass is 35.5. The molecule has 166 valence electrons. The van der Waals surface area contributed by atoms with Gasteiger partial charge in [-0.3, -0.25) is 9.50 Å². The number of hydrogen-bond donors (Lipinski definition) is 1. The summed E-state index contributed by atoms with van der Waals surface area (Å²) >= 11 is 0. The van der Waals surface area contributed by atoms with E-state index in [4.69, 9.17) is 4.52 Å². The molecule has 1 N–H and O–H groups in total. The predicted octanol–water partition coefficient (Wildman–Crippen LogP) is 5.72. The lowest BCUT2D eigenvalue weighted by molar-refractivity contribution is 0.380. The molecular weight excluding hydrogens is 478 g/mol. The van der Waals surface area contributed by atoms with Gasteiger partial charge in [0.2, 0.25) is 11.7 Å². The van der Waals surface area contributed by atoms with Crippen LogP contribution >= 0.6 is 37.2 Å². The highest BCUT2D eigenvalue weighted by Crippen LogP contribution is 2.39. The van der Waals surface area contributed by atoms with Gasteiger partial charge in [0.25, 0.3) is 0 Å². The molecule has 0 aliphatic heterocycles. The van der Waals surface area contributed by atoms with Crippen LogP contribution in [0.4, 0.5) is 4.39 Å². The normalized spacial score (nSPS) is 12.7. The number of fused-ring (bicyclic) bond motifs is 1. The highest BCUT2D eigenvalue weighted by Gasteiger charge is 2.30. The monoisotopic (exact) mass is 494 g/mol. The molecule has 6 rings (SSSR count). The number of rotatable bonds is 4. The van der Waals surface area contributed by atoms with Crippen LogP contribution in [0.1, 0.15) is 24.7 Å². The zero-order valence-electron chi connectivity index (χ0n) is 16.4. The average molecular weight is 496 g/mol. The number of benzene rings is 1. The molecule has 32 heavy (non-hydrogen) atoms. The zero-order chi connectivity index (χ0) is 19.4.